The molecule has 0 amide bonds. The van der Waals surface area contributed by atoms with Gasteiger partial charge in [-0.1, -0.05) is 19.4 Å². The Bertz CT molecular complexity index is 504. The van der Waals surface area contributed by atoms with Gasteiger partial charge in [0, 0.05) is 18.9 Å². The Morgan fingerprint density at radius 3 is 2.89 bits per heavy atom. The van der Waals surface area contributed by atoms with Crippen molar-refractivity contribution in [3.63, 3.8) is 0 Å². The van der Waals surface area contributed by atoms with Crippen LogP contribution in [0.2, 0.25) is 0 Å². The van der Waals surface area contributed by atoms with Gasteiger partial charge in [0.25, 0.3) is 0 Å². The average molecular weight is 258 g/mol. The highest BCUT2D eigenvalue weighted by Crippen LogP contribution is 2.21. The normalized spacial score (nSPS) is 12.4. The van der Waals surface area contributed by atoms with E-state index in [9.17, 15) is 0 Å². The van der Waals surface area contributed by atoms with E-state index in [4.69, 9.17) is 0 Å². The Hall–Kier alpha value is -1.84. The third-order valence-corrected chi connectivity index (χ3v) is 3.20. The van der Waals surface area contributed by atoms with Crippen LogP contribution in [0, 0.1) is 6.92 Å². The Kier molecular flexibility index (Phi) is 4.55. The first kappa shape index (κ1) is 13.6. The van der Waals surface area contributed by atoms with Gasteiger partial charge in [0.1, 0.15) is 0 Å². The lowest BCUT2D eigenvalue weighted by molar-refractivity contribution is 0.623. The molecule has 4 nitrogen and oxygen atoms in total. The Balaban J connectivity index is 2.19. The zero-order chi connectivity index (χ0) is 13.7. The predicted molar refractivity (Wildman–Crippen MR) is 78.4 cm³/mol. The minimum atomic E-state index is 0.187. The first-order valence-electron chi connectivity index (χ1n) is 6.92. The molecule has 4 heteroatoms. The number of rotatable bonds is 6. The summed E-state index contributed by atoms with van der Waals surface area (Å²) in [4.78, 5) is 8.98. The second-order valence-corrected chi connectivity index (χ2v) is 4.82. The van der Waals surface area contributed by atoms with Crippen LogP contribution in [0.3, 0.4) is 0 Å². The molecular formula is C15H22N4. The number of aromatic nitrogens is 3. The standard InChI is InChI=1S/C15H22N4/c1-4-5-9-17-15-18-12(2)11-19(15)13(3)14-8-6-7-10-16-14/h6-8,10-11,13H,4-5,9H2,1-3H3,(H,17,18). The largest absolute Gasteiger partial charge is 0.356 e. The molecule has 0 saturated heterocycles. The van der Waals surface area contributed by atoms with Crippen LogP contribution in [0.15, 0.2) is 30.6 Å². The number of nitrogens with zero attached hydrogens (tertiary/aromatic N) is 3. The van der Waals surface area contributed by atoms with Gasteiger partial charge in [0.05, 0.1) is 17.4 Å². The maximum absolute atomic E-state index is 4.55. The van der Waals surface area contributed by atoms with Crippen molar-refractivity contribution in [1.29, 1.82) is 0 Å². The summed E-state index contributed by atoms with van der Waals surface area (Å²) in [6.07, 6.45) is 6.25. The molecule has 1 atom stereocenters. The molecule has 1 unspecified atom stereocenters. The number of anilines is 1. The van der Waals surface area contributed by atoms with Crippen molar-refractivity contribution in [1.82, 2.24) is 14.5 Å². The topological polar surface area (TPSA) is 42.7 Å². The van der Waals surface area contributed by atoms with E-state index in [0.29, 0.717) is 0 Å². The molecular weight excluding hydrogens is 236 g/mol. The number of aryl methyl sites for hydroxylation is 1. The van der Waals surface area contributed by atoms with Crippen LogP contribution in [-0.4, -0.2) is 21.1 Å². The summed E-state index contributed by atoms with van der Waals surface area (Å²) in [6.45, 7) is 7.32. The average Bonchev–Trinajstić information content (AvgIpc) is 2.80. The summed E-state index contributed by atoms with van der Waals surface area (Å²) in [7, 11) is 0. The van der Waals surface area contributed by atoms with Crippen LogP contribution in [0.25, 0.3) is 0 Å². The molecule has 1 N–H and O–H groups in total. The van der Waals surface area contributed by atoms with Crippen molar-refractivity contribution in [2.45, 2.75) is 39.7 Å². The molecule has 0 aliphatic carbocycles. The molecule has 2 heterocycles. The van der Waals surface area contributed by atoms with E-state index in [1.807, 2.05) is 25.3 Å². The number of pyridine rings is 1. The second kappa shape index (κ2) is 6.36. The first-order valence-corrected chi connectivity index (χ1v) is 6.92. The van der Waals surface area contributed by atoms with Crippen LogP contribution in [-0.2, 0) is 0 Å². The van der Waals surface area contributed by atoms with E-state index < -0.39 is 0 Å². The minimum absolute atomic E-state index is 0.187. The quantitative estimate of drug-likeness (QED) is 0.807. The number of hydrogen-bond donors (Lipinski definition) is 1. The first-order chi connectivity index (χ1) is 9.22. The number of nitrogens with one attached hydrogen (secondary N) is 1. The van der Waals surface area contributed by atoms with Crippen molar-refractivity contribution in [2.75, 3.05) is 11.9 Å². The minimum Gasteiger partial charge on any atom is -0.356 e. The molecule has 0 fully saturated rings. The zero-order valence-electron chi connectivity index (χ0n) is 11.9. The van der Waals surface area contributed by atoms with Crippen LogP contribution in [0.1, 0.15) is 44.1 Å². The second-order valence-electron chi connectivity index (χ2n) is 4.82. The Morgan fingerprint density at radius 1 is 1.37 bits per heavy atom. The molecule has 2 aromatic heterocycles. The van der Waals surface area contributed by atoms with Gasteiger partial charge in [0.15, 0.2) is 0 Å². The maximum atomic E-state index is 4.55. The van der Waals surface area contributed by atoms with E-state index in [2.05, 4.69) is 46.0 Å². The summed E-state index contributed by atoms with van der Waals surface area (Å²) in [5.41, 5.74) is 2.08. The van der Waals surface area contributed by atoms with Gasteiger partial charge in [0.2, 0.25) is 5.95 Å². The third-order valence-electron chi connectivity index (χ3n) is 3.20. The van der Waals surface area contributed by atoms with Gasteiger partial charge >= 0.3 is 0 Å². The molecule has 2 aromatic rings. The maximum Gasteiger partial charge on any atom is 0.203 e. The summed E-state index contributed by atoms with van der Waals surface area (Å²) < 4.78 is 2.16. The molecule has 0 bridgehead atoms. The molecule has 2 rings (SSSR count). The monoisotopic (exact) mass is 258 g/mol. The van der Waals surface area contributed by atoms with E-state index in [-0.39, 0.29) is 6.04 Å². The van der Waals surface area contributed by atoms with Crippen LogP contribution >= 0.6 is 0 Å². The van der Waals surface area contributed by atoms with Gasteiger partial charge in [-0.2, -0.15) is 0 Å². The van der Waals surface area contributed by atoms with Gasteiger partial charge in [-0.25, -0.2) is 4.98 Å². The van der Waals surface area contributed by atoms with Crippen LogP contribution in [0.4, 0.5) is 5.95 Å². The number of imidazole rings is 1. The fourth-order valence-electron chi connectivity index (χ4n) is 2.08. The lowest BCUT2D eigenvalue weighted by Crippen LogP contribution is -2.13. The van der Waals surface area contributed by atoms with Crippen molar-refractivity contribution in [3.05, 3.63) is 42.0 Å². The van der Waals surface area contributed by atoms with Crippen molar-refractivity contribution < 1.29 is 0 Å². The summed E-state index contributed by atoms with van der Waals surface area (Å²) in [6, 6.07) is 6.20. The predicted octanol–water partition coefficient (Wildman–Crippen LogP) is 3.41. The molecule has 0 saturated carbocycles. The van der Waals surface area contributed by atoms with Crippen LogP contribution < -0.4 is 5.32 Å². The molecule has 0 aliphatic rings. The number of unbranched alkanes of at least 4 members (excludes halogenated alkanes) is 1. The lowest BCUT2D eigenvalue weighted by atomic mass is 10.2. The SMILES string of the molecule is CCCCNc1nc(C)cn1C(C)c1ccccn1. The highest BCUT2D eigenvalue weighted by atomic mass is 15.2. The highest BCUT2D eigenvalue weighted by molar-refractivity contribution is 5.31. The molecule has 0 aliphatic heterocycles. The smallest absolute Gasteiger partial charge is 0.203 e. The molecule has 0 radical (unpaired) electrons. The summed E-state index contributed by atoms with van der Waals surface area (Å²) in [5, 5.41) is 3.41. The van der Waals surface area contributed by atoms with Gasteiger partial charge in [-0.15, -0.1) is 0 Å². The van der Waals surface area contributed by atoms with E-state index in [1.54, 1.807) is 0 Å². The molecule has 19 heavy (non-hydrogen) atoms. The Labute approximate surface area is 114 Å². The van der Waals surface area contributed by atoms with Crippen LogP contribution in [0.5, 0.6) is 0 Å². The van der Waals surface area contributed by atoms with Gasteiger partial charge in [-0.05, 0) is 32.4 Å². The number of hydrogen-bond acceptors (Lipinski definition) is 3. The van der Waals surface area contributed by atoms with Crippen molar-refractivity contribution in [3.8, 4) is 0 Å². The zero-order valence-corrected chi connectivity index (χ0v) is 11.9. The van der Waals surface area contributed by atoms with Crippen molar-refractivity contribution in [2.24, 2.45) is 0 Å². The molecule has 0 aromatic carbocycles. The van der Waals surface area contributed by atoms with Crippen molar-refractivity contribution >= 4 is 5.95 Å². The molecule has 0 spiro atoms. The van der Waals surface area contributed by atoms with Gasteiger partial charge in [-0.3, -0.25) is 4.98 Å². The van der Waals surface area contributed by atoms with Gasteiger partial charge < -0.3 is 9.88 Å². The van der Waals surface area contributed by atoms with E-state index in [0.717, 1.165) is 30.3 Å². The fraction of sp³-hybridized carbons (Fsp3) is 0.467. The summed E-state index contributed by atoms with van der Waals surface area (Å²) in [5.74, 6) is 0.934. The highest BCUT2D eigenvalue weighted by Gasteiger charge is 2.14. The fourth-order valence-corrected chi connectivity index (χ4v) is 2.08. The third kappa shape index (κ3) is 3.34. The lowest BCUT2D eigenvalue weighted by Gasteiger charge is -2.16. The Morgan fingerprint density at radius 2 is 2.21 bits per heavy atom. The van der Waals surface area contributed by atoms with E-state index in [1.165, 1.54) is 6.42 Å². The van der Waals surface area contributed by atoms with E-state index >= 15 is 0 Å². The summed E-state index contributed by atoms with van der Waals surface area (Å²) >= 11 is 0. The molecule has 102 valence electrons.